The van der Waals surface area contributed by atoms with E-state index in [1.54, 1.807) is 7.11 Å². The molecule has 0 saturated heterocycles. The predicted octanol–water partition coefficient (Wildman–Crippen LogP) is 3.93. The van der Waals surface area contributed by atoms with Crippen LogP contribution in [-0.2, 0) is 13.0 Å². The number of ether oxygens (including phenoxy) is 2. The van der Waals surface area contributed by atoms with Crippen molar-refractivity contribution in [1.82, 2.24) is 20.2 Å². The molecule has 7 nitrogen and oxygen atoms in total. The molecule has 0 N–H and O–H groups in total. The highest BCUT2D eigenvalue weighted by Crippen LogP contribution is 2.26. The van der Waals surface area contributed by atoms with Crippen LogP contribution < -0.4 is 14.4 Å². The Morgan fingerprint density at radius 2 is 1.94 bits per heavy atom. The Balaban J connectivity index is 1.40. The third kappa shape index (κ3) is 4.87. The molecule has 0 saturated carbocycles. The van der Waals surface area contributed by atoms with E-state index in [0.717, 1.165) is 55.5 Å². The zero-order valence-electron chi connectivity index (χ0n) is 18.4. The highest BCUT2D eigenvalue weighted by atomic mass is 16.5. The summed E-state index contributed by atoms with van der Waals surface area (Å²) in [5.41, 5.74) is 4.94. The second-order valence-electron chi connectivity index (χ2n) is 7.64. The van der Waals surface area contributed by atoms with Gasteiger partial charge in [0.1, 0.15) is 11.5 Å². The van der Waals surface area contributed by atoms with Crippen molar-refractivity contribution in [1.29, 1.82) is 0 Å². The minimum absolute atomic E-state index is 0.684. The molecule has 31 heavy (non-hydrogen) atoms. The summed E-state index contributed by atoms with van der Waals surface area (Å²) in [5.74, 6) is 2.65. The number of methoxy groups -OCH3 is 1. The summed E-state index contributed by atoms with van der Waals surface area (Å²) >= 11 is 0. The lowest BCUT2D eigenvalue weighted by atomic mass is 9.99. The average Bonchev–Trinajstić information content (AvgIpc) is 3.28. The Hall–Kier alpha value is -3.35. The maximum atomic E-state index is 5.54. The number of aromatic nitrogens is 4. The van der Waals surface area contributed by atoms with Crippen molar-refractivity contribution in [2.75, 3.05) is 31.7 Å². The van der Waals surface area contributed by atoms with Crippen LogP contribution in [0, 0.1) is 6.92 Å². The molecule has 7 heteroatoms. The molecule has 162 valence electrons. The van der Waals surface area contributed by atoms with E-state index in [2.05, 4.69) is 56.8 Å². The van der Waals surface area contributed by atoms with Crippen molar-refractivity contribution >= 4 is 11.5 Å². The normalized spacial score (nSPS) is 13.8. The molecule has 0 atom stereocenters. The molecule has 0 amide bonds. The third-order valence-corrected chi connectivity index (χ3v) is 5.63. The summed E-state index contributed by atoms with van der Waals surface area (Å²) in [7, 11) is 1.71. The lowest BCUT2D eigenvalue weighted by Gasteiger charge is -2.27. The van der Waals surface area contributed by atoms with E-state index in [4.69, 9.17) is 9.47 Å². The molecule has 1 aliphatic heterocycles. The van der Waals surface area contributed by atoms with Crippen LogP contribution in [0.5, 0.6) is 11.5 Å². The first-order chi connectivity index (χ1) is 15.2. The summed E-state index contributed by atoms with van der Waals surface area (Å²) in [6.07, 6.45) is 4.06. The van der Waals surface area contributed by atoms with E-state index in [1.165, 1.54) is 16.7 Å². The molecule has 1 aromatic heterocycles. The molecule has 2 aromatic carbocycles. The van der Waals surface area contributed by atoms with Gasteiger partial charge in [0, 0.05) is 13.1 Å². The Bertz CT molecular complexity index is 1040. The second kappa shape index (κ2) is 9.64. The average molecular weight is 420 g/mol. The molecule has 0 fully saturated rings. The molecule has 0 bridgehead atoms. The van der Waals surface area contributed by atoms with Crippen molar-refractivity contribution in [3.05, 3.63) is 65.2 Å². The van der Waals surface area contributed by atoms with Gasteiger partial charge in [-0.15, -0.1) is 0 Å². The molecule has 4 rings (SSSR count). The summed E-state index contributed by atoms with van der Waals surface area (Å²) < 4.78 is 12.9. The third-order valence-electron chi connectivity index (χ3n) is 5.63. The molecular weight excluding hydrogens is 390 g/mol. The predicted molar refractivity (Wildman–Crippen MR) is 122 cm³/mol. The van der Waals surface area contributed by atoms with E-state index in [9.17, 15) is 0 Å². The van der Waals surface area contributed by atoms with Crippen LogP contribution in [0.2, 0.25) is 0 Å². The van der Waals surface area contributed by atoms with Crippen LogP contribution in [-0.4, -0.2) is 47.0 Å². The maximum absolute atomic E-state index is 5.54. The van der Waals surface area contributed by atoms with Crippen molar-refractivity contribution in [3.8, 4) is 11.5 Å². The Morgan fingerprint density at radius 1 is 1.10 bits per heavy atom. The standard InChI is InChI=1S/C24H29N5O2/c1-4-31-22-9-7-20(8-10-22)21-12-14-28(15-13-21)24-25-26-27-29(24)16-11-19-6-5-18(2)23(17-19)30-3/h5-10,12,17H,4,11,13-16H2,1-3H3. The van der Waals surface area contributed by atoms with E-state index >= 15 is 0 Å². The van der Waals surface area contributed by atoms with Crippen LogP contribution in [0.3, 0.4) is 0 Å². The Labute approximate surface area is 183 Å². The van der Waals surface area contributed by atoms with Gasteiger partial charge in [0.05, 0.1) is 20.3 Å². The Kier molecular flexibility index (Phi) is 6.50. The van der Waals surface area contributed by atoms with Gasteiger partial charge in [-0.2, -0.15) is 0 Å². The molecule has 0 spiro atoms. The largest absolute Gasteiger partial charge is 0.496 e. The second-order valence-corrected chi connectivity index (χ2v) is 7.64. The van der Waals surface area contributed by atoms with Crippen molar-refractivity contribution in [2.45, 2.75) is 33.2 Å². The number of nitrogens with zero attached hydrogens (tertiary/aromatic N) is 5. The van der Waals surface area contributed by atoms with Gasteiger partial charge in [0.15, 0.2) is 0 Å². The van der Waals surface area contributed by atoms with E-state index in [0.29, 0.717) is 6.61 Å². The van der Waals surface area contributed by atoms with Gasteiger partial charge < -0.3 is 14.4 Å². The van der Waals surface area contributed by atoms with E-state index in [1.807, 2.05) is 30.7 Å². The number of hydrogen-bond acceptors (Lipinski definition) is 6. The highest BCUT2D eigenvalue weighted by Gasteiger charge is 2.19. The van der Waals surface area contributed by atoms with Crippen LogP contribution in [0.4, 0.5) is 5.95 Å². The van der Waals surface area contributed by atoms with Gasteiger partial charge in [-0.1, -0.05) is 35.4 Å². The number of hydrogen-bond donors (Lipinski definition) is 0. The molecule has 0 unspecified atom stereocenters. The lowest BCUT2D eigenvalue weighted by molar-refractivity contribution is 0.340. The number of benzene rings is 2. The van der Waals surface area contributed by atoms with Gasteiger partial charge in [-0.25, -0.2) is 4.68 Å². The van der Waals surface area contributed by atoms with E-state index < -0.39 is 0 Å². The van der Waals surface area contributed by atoms with Crippen molar-refractivity contribution < 1.29 is 9.47 Å². The van der Waals surface area contributed by atoms with Crippen LogP contribution in [0.1, 0.15) is 30.0 Å². The van der Waals surface area contributed by atoms with Crippen molar-refractivity contribution in [2.24, 2.45) is 0 Å². The number of rotatable bonds is 8. The number of aryl methyl sites for hydroxylation is 3. The first-order valence-electron chi connectivity index (χ1n) is 10.7. The van der Waals surface area contributed by atoms with Crippen LogP contribution in [0.15, 0.2) is 48.5 Å². The molecular formula is C24H29N5O2. The van der Waals surface area contributed by atoms with Gasteiger partial charge >= 0.3 is 0 Å². The fourth-order valence-corrected chi connectivity index (χ4v) is 3.87. The monoisotopic (exact) mass is 419 g/mol. The minimum atomic E-state index is 0.684. The Morgan fingerprint density at radius 3 is 2.65 bits per heavy atom. The minimum Gasteiger partial charge on any atom is -0.496 e. The van der Waals surface area contributed by atoms with Crippen molar-refractivity contribution in [3.63, 3.8) is 0 Å². The SMILES string of the molecule is CCOc1ccc(C2=CCN(c3nnnn3CCc3ccc(C)c(OC)c3)CC2)cc1. The zero-order chi connectivity index (χ0) is 21.6. The quantitative estimate of drug-likeness (QED) is 0.551. The van der Waals surface area contributed by atoms with Gasteiger partial charge in [-0.3, -0.25) is 0 Å². The molecule has 0 aliphatic carbocycles. The molecule has 2 heterocycles. The summed E-state index contributed by atoms with van der Waals surface area (Å²) in [6, 6.07) is 14.6. The molecule has 0 radical (unpaired) electrons. The molecule has 3 aromatic rings. The summed E-state index contributed by atoms with van der Waals surface area (Å²) in [4.78, 5) is 2.23. The van der Waals surface area contributed by atoms with Gasteiger partial charge in [0.2, 0.25) is 5.95 Å². The maximum Gasteiger partial charge on any atom is 0.245 e. The van der Waals surface area contributed by atoms with Crippen LogP contribution in [0.25, 0.3) is 5.57 Å². The highest BCUT2D eigenvalue weighted by molar-refractivity contribution is 5.68. The first-order valence-corrected chi connectivity index (χ1v) is 10.7. The summed E-state index contributed by atoms with van der Waals surface area (Å²) in [5, 5.41) is 12.4. The smallest absolute Gasteiger partial charge is 0.245 e. The number of anilines is 1. The van der Waals surface area contributed by atoms with Gasteiger partial charge in [-0.05, 0) is 77.6 Å². The molecule has 1 aliphatic rings. The zero-order valence-corrected chi connectivity index (χ0v) is 18.4. The van der Waals surface area contributed by atoms with Crippen LogP contribution >= 0.6 is 0 Å². The lowest BCUT2D eigenvalue weighted by Crippen LogP contribution is -2.31. The number of tetrazole rings is 1. The fourth-order valence-electron chi connectivity index (χ4n) is 3.87. The van der Waals surface area contributed by atoms with Gasteiger partial charge in [0.25, 0.3) is 0 Å². The topological polar surface area (TPSA) is 65.3 Å². The first kappa shape index (κ1) is 20.9. The van der Waals surface area contributed by atoms with E-state index in [-0.39, 0.29) is 0 Å². The summed E-state index contributed by atoms with van der Waals surface area (Å²) in [6.45, 7) is 7.13. The fraction of sp³-hybridized carbons (Fsp3) is 0.375.